The van der Waals surface area contributed by atoms with Crippen LogP contribution >= 0.6 is 35.3 Å². The molecule has 0 saturated carbocycles. The fourth-order valence-electron chi connectivity index (χ4n) is 1.84. The van der Waals surface area contributed by atoms with Crippen molar-refractivity contribution >= 4 is 52.9 Å². The zero-order chi connectivity index (χ0) is 16.5. The predicted octanol–water partition coefficient (Wildman–Crippen LogP) is 2.92. The first-order valence-corrected chi connectivity index (χ1v) is 8.09. The topological polar surface area (TPSA) is 88.7 Å². The van der Waals surface area contributed by atoms with Gasteiger partial charge >= 0.3 is 0 Å². The molecule has 24 heavy (non-hydrogen) atoms. The van der Waals surface area contributed by atoms with Crippen LogP contribution in [0.5, 0.6) is 5.75 Å². The molecule has 2 aromatic rings. The molecular weight excluding hydrogens is 439 g/mol. The zero-order valence-corrected chi connectivity index (χ0v) is 16.5. The molecule has 0 aliphatic heterocycles. The number of nitrogens with zero attached hydrogens (tertiary/aromatic N) is 1. The Balaban J connectivity index is 0.00000288. The van der Waals surface area contributed by atoms with Crippen molar-refractivity contribution in [2.45, 2.75) is 6.42 Å². The summed E-state index contributed by atoms with van der Waals surface area (Å²) in [6.07, 6.45) is 0.724. The van der Waals surface area contributed by atoms with Gasteiger partial charge < -0.3 is 21.1 Å². The van der Waals surface area contributed by atoms with Gasteiger partial charge in [0.1, 0.15) is 5.75 Å². The van der Waals surface area contributed by atoms with E-state index in [1.807, 2.05) is 35.7 Å². The maximum Gasteiger partial charge on any atom is 0.261 e. The average molecular weight is 460 g/mol. The summed E-state index contributed by atoms with van der Waals surface area (Å²) in [5, 5.41) is 7.73. The molecule has 0 aliphatic rings. The normalized spacial score (nSPS) is 10.6. The molecule has 0 atom stereocenters. The summed E-state index contributed by atoms with van der Waals surface area (Å²) in [6.45, 7) is 1.11. The molecule has 0 aliphatic carbocycles. The number of benzene rings is 1. The Morgan fingerprint density at radius 1 is 1.29 bits per heavy atom. The van der Waals surface area contributed by atoms with Gasteiger partial charge in [-0.3, -0.25) is 9.79 Å². The maximum absolute atomic E-state index is 11.7. The number of hydrogen-bond donors (Lipinski definition) is 3. The summed E-state index contributed by atoms with van der Waals surface area (Å²) in [7, 11) is 1.62. The number of rotatable bonds is 7. The minimum atomic E-state index is -0.0479. The van der Waals surface area contributed by atoms with Gasteiger partial charge in [-0.25, -0.2) is 0 Å². The molecule has 0 fully saturated rings. The van der Waals surface area contributed by atoms with Crippen LogP contribution in [0.4, 0.5) is 5.69 Å². The third-order valence-corrected chi connectivity index (χ3v) is 3.88. The highest BCUT2D eigenvalue weighted by molar-refractivity contribution is 14.0. The second kappa shape index (κ2) is 10.9. The van der Waals surface area contributed by atoms with Crippen LogP contribution in [-0.2, 0) is 0 Å². The summed E-state index contributed by atoms with van der Waals surface area (Å²) in [5.74, 6) is 1.08. The Labute approximate surface area is 162 Å². The van der Waals surface area contributed by atoms with Crippen LogP contribution in [0.2, 0.25) is 0 Å². The molecule has 1 heterocycles. The van der Waals surface area contributed by atoms with Crippen molar-refractivity contribution in [3.05, 3.63) is 46.7 Å². The Morgan fingerprint density at radius 3 is 2.67 bits per heavy atom. The standard InChI is InChI=1S/C16H20N4O2S.HI/c1-22-13-7-5-12(6-8-13)20-16(17)19-10-3-9-18-15(21)14-4-2-11-23-14;/h2,4-8,11H,3,9-10H2,1H3,(H,18,21)(H3,17,19,20);1H. The molecule has 1 aromatic carbocycles. The number of halogens is 1. The van der Waals surface area contributed by atoms with E-state index < -0.39 is 0 Å². The SMILES string of the molecule is COc1ccc(NC(N)=NCCCNC(=O)c2cccs2)cc1.I. The van der Waals surface area contributed by atoms with E-state index >= 15 is 0 Å². The van der Waals surface area contributed by atoms with Gasteiger partial charge in [-0.1, -0.05) is 6.07 Å². The van der Waals surface area contributed by atoms with Crippen LogP contribution in [0.25, 0.3) is 0 Å². The van der Waals surface area contributed by atoms with Crippen LogP contribution in [0.3, 0.4) is 0 Å². The van der Waals surface area contributed by atoms with Crippen LogP contribution in [0, 0.1) is 0 Å². The smallest absolute Gasteiger partial charge is 0.261 e. The van der Waals surface area contributed by atoms with E-state index in [9.17, 15) is 4.79 Å². The summed E-state index contributed by atoms with van der Waals surface area (Å²) in [6, 6.07) is 11.1. The molecule has 2 rings (SSSR count). The Bertz CT molecular complexity index is 645. The van der Waals surface area contributed by atoms with Crippen molar-refractivity contribution in [2.75, 3.05) is 25.5 Å². The van der Waals surface area contributed by atoms with E-state index in [2.05, 4.69) is 15.6 Å². The van der Waals surface area contributed by atoms with Crippen LogP contribution in [-0.4, -0.2) is 32.1 Å². The summed E-state index contributed by atoms with van der Waals surface area (Å²) in [4.78, 5) is 16.7. The van der Waals surface area contributed by atoms with Gasteiger partial charge in [-0.15, -0.1) is 35.3 Å². The number of methoxy groups -OCH3 is 1. The number of aliphatic imine (C=N–C) groups is 1. The summed E-state index contributed by atoms with van der Waals surface area (Å²) < 4.78 is 5.09. The van der Waals surface area contributed by atoms with Gasteiger partial charge in [0.05, 0.1) is 12.0 Å². The summed E-state index contributed by atoms with van der Waals surface area (Å²) in [5.41, 5.74) is 6.66. The number of anilines is 1. The average Bonchev–Trinajstić information content (AvgIpc) is 3.09. The first-order chi connectivity index (χ1) is 11.2. The Hall–Kier alpha value is -1.81. The van der Waals surface area contributed by atoms with Gasteiger partial charge in [0.15, 0.2) is 5.96 Å². The van der Waals surface area contributed by atoms with Gasteiger partial charge in [-0.05, 0) is 42.1 Å². The number of ether oxygens (including phenoxy) is 1. The molecule has 0 spiro atoms. The highest BCUT2D eigenvalue weighted by Gasteiger charge is 2.04. The highest BCUT2D eigenvalue weighted by Crippen LogP contribution is 2.14. The van der Waals surface area contributed by atoms with Gasteiger partial charge in [0, 0.05) is 18.8 Å². The predicted molar refractivity (Wildman–Crippen MR) is 110 cm³/mol. The van der Waals surface area contributed by atoms with Crippen molar-refractivity contribution in [3.63, 3.8) is 0 Å². The van der Waals surface area contributed by atoms with Crippen LogP contribution < -0.4 is 21.1 Å². The number of hydrogen-bond acceptors (Lipinski definition) is 4. The lowest BCUT2D eigenvalue weighted by Gasteiger charge is -2.07. The fraction of sp³-hybridized carbons (Fsp3) is 0.250. The van der Waals surface area contributed by atoms with E-state index in [0.29, 0.717) is 23.9 Å². The Kier molecular flexibility index (Phi) is 9.16. The van der Waals surface area contributed by atoms with E-state index in [-0.39, 0.29) is 29.9 Å². The lowest BCUT2D eigenvalue weighted by Crippen LogP contribution is -2.25. The third kappa shape index (κ3) is 6.75. The molecule has 6 nitrogen and oxygen atoms in total. The molecule has 130 valence electrons. The minimum Gasteiger partial charge on any atom is -0.497 e. The number of thiophene rings is 1. The first kappa shape index (κ1) is 20.2. The number of carbonyl (C=O) groups is 1. The largest absolute Gasteiger partial charge is 0.497 e. The number of nitrogens with two attached hydrogens (primary N) is 1. The van der Waals surface area contributed by atoms with E-state index in [1.165, 1.54) is 11.3 Å². The molecule has 1 aromatic heterocycles. The van der Waals surface area contributed by atoms with E-state index in [0.717, 1.165) is 17.9 Å². The second-order valence-electron chi connectivity index (χ2n) is 4.71. The number of guanidine groups is 1. The molecule has 0 radical (unpaired) electrons. The lowest BCUT2D eigenvalue weighted by molar-refractivity contribution is 0.0957. The second-order valence-corrected chi connectivity index (χ2v) is 5.65. The van der Waals surface area contributed by atoms with Crippen LogP contribution in [0.15, 0.2) is 46.8 Å². The van der Waals surface area contributed by atoms with Crippen molar-refractivity contribution in [3.8, 4) is 5.75 Å². The molecule has 8 heteroatoms. The van der Waals surface area contributed by atoms with E-state index in [1.54, 1.807) is 13.2 Å². The van der Waals surface area contributed by atoms with Gasteiger partial charge in [0.25, 0.3) is 5.91 Å². The molecular formula is C16H21IN4O2S. The van der Waals surface area contributed by atoms with Crippen molar-refractivity contribution in [2.24, 2.45) is 10.7 Å². The molecule has 0 unspecified atom stereocenters. The maximum atomic E-state index is 11.7. The zero-order valence-electron chi connectivity index (χ0n) is 13.3. The van der Waals surface area contributed by atoms with Crippen molar-refractivity contribution < 1.29 is 9.53 Å². The first-order valence-electron chi connectivity index (χ1n) is 7.22. The quantitative estimate of drug-likeness (QED) is 0.257. The number of nitrogens with one attached hydrogen (secondary N) is 2. The monoisotopic (exact) mass is 460 g/mol. The Morgan fingerprint density at radius 2 is 2.04 bits per heavy atom. The fourth-order valence-corrected chi connectivity index (χ4v) is 2.48. The van der Waals surface area contributed by atoms with Gasteiger partial charge in [-0.2, -0.15) is 0 Å². The number of carbonyl (C=O) groups excluding carboxylic acids is 1. The van der Waals surface area contributed by atoms with E-state index in [4.69, 9.17) is 10.5 Å². The third-order valence-electron chi connectivity index (χ3n) is 3.01. The molecule has 4 N–H and O–H groups in total. The number of amides is 1. The van der Waals surface area contributed by atoms with Crippen LogP contribution in [0.1, 0.15) is 16.1 Å². The lowest BCUT2D eigenvalue weighted by atomic mass is 10.3. The highest BCUT2D eigenvalue weighted by atomic mass is 127. The molecule has 0 bridgehead atoms. The molecule has 0 saturated heterocycles. The molecule has 1 amide bonds. The van der Waals surface area contributed by atoms with Crippen molar-refractivity contribution in [1.29, 1.82) is 0 Å². The van der Waals surface area contributed by atoms with Crippen molar-refractivity contribution in [1.82, 2.24) is 5.32 Å². The summed E-state index contributed by atoms with van der Waals surface area (Å²) >= 11 is 1.43. The van der Waals surface area contributed by atoms with Gasteiger partial charge in [0.2, 0.25) is 0 Å². The minimum absolute atomic E-state index is 0.